The molecule has 0 spiro atoms. The zero-order valence-corrected chi connectivity index (χ0v) is 14.9. The molecule has 2 amide bonds. The van der Waals surface area contributed by atoms with E-state index in [1.54, 1.807) is 25.3 Å². The van der Waals surface area contributed by atoms with Crippen LogP contribution in [0.4, 0.5) is 5.69 Å². The van der Waals surface area contributed by atoms with Crippen molar-refractivity contribution in [3.05, 3.63) is 53.9 Å². The van der Waals surface area contributed by atoms with Crippen molar-refractivity contribution >= 4 is 28.5 Å². The largest absolute Gasteiger partial charge is 0.497 e. The summed E-state index contributed by atoms with van der Waals surface area (Å²) in [6.07, 6.45) is 0.709. The fourth-order valence-corrected chi connectivity index (χ4v) is 3.35. The van der Waals surface area contributed by atoms with Gasteiger partial charge in [0.15, 0.2) is 0 Å². The summed E-state index contributed by atoms with van der Waals surface area (Å²) < 4.78 is 5.25. The average molecular weight is 364 g/mol. The Morgan fingerprint density at radius 2 is 2.15 bits per heavy atom. The number of rotatable bonds is 5. The summed E-state index contributed by atoms with van der Waals surface area (Å²) in [7, 11) is 1.57. The van der Waals surface area contributed by atoms with Crippen molar-refractivity contribution < 1.29 is 14.3 Å². The molecule has 0 unspecified atom stereocenters. The first kappa shape index (κ1) is 17.1. The van der Waals surface area contributed by atoms with E-state index < -0.39 is 5.92 Å². The monoisotopic (exact) mass is 364 g/mol. The molecule has 0 bridgehead atoms. The van der Waals surface area contributed by atoms with E-state index in [9.17, 15) is 9.59 Å². The van der Waals surface area contributed by atoms with Crippen LogP contribution < -0.4 is 15.4 Å². The van der Waals surface area contributed by atoms with Crippen molar-refractivity contribution in [3.63, 3.8) is 0 Å². The Labute approximate surface area is 156 Å². The molecule has 0 aliphatic carbocycles. The van der Waals surface area contributed by atoms with Gasteiger partial charge in [-0.1, -0.05) is 12.1 Å². The van der Waals surface area contributed by atoms with E-state index in [4.69, 9.17) is 4.74 Å². The van der Waals surface area contributed by atoms with Crippen LogP contribution in [0.15, 0.2) is 42.5 Å². The van der Waals surface area contributed by atoms with Gasteiger partial charge in [0, 0.05) is 25.1 Å². The number of anilines is 1. The first-order valence-electron chi connectivity index (χ1n) is 8.83. The SMILES string of the molecule is COc1ccc2c(c1)[C@@H](C(=O)NCCc1nc3ccccc3[nH]1)CC(=O)N2. The van der Waals surface area contributed by atoms with Gasteiger partial charge in [0.1, 0.15) is 11.6 Å². The van der Waals surface area contributed by atoms with Gasteiger partial charge in [0.05, 0.1) is 24.1 Å². The summed E-state index contributed by atoms with van der Waals surface area (Å²) in [5, 5.41) is 5.73. The molecule has 1 aromatic heterocycles. The highest BCUT2D eigenvalue weighted by Gasteiger charge is 2.30. The first-order chi connectivity index (χ1) is 13.1. The van der Waals surface area contributed by atoms with Crippen molar-refractivity contribution in [3.8, 4) is 5.75 Å². The number of carbonyl (C=O) groups excluding carboxylic acids is 2. The molecule has 0 fully saturated rings. The lowest BCUT2D eigenvalue weighted by atomic mass is 9.89. The van der Waals surface area contributed by atoms with E-state index in [0.29, 0.717) is 24.4 Å². The minimum Gasteiger partial charge on any atom is -0.497 e. The molecular weight excluding hydrogens is 344 g/mol. The zero-order chi connectivity index (χ0) is 18.8. The number of para-hydroxylation sites is 2. The van der Waals surface area contributed by atoms with E-state index in [2.05, 4.69) is 20.6 Å². The van der Waals surface area contributed by atoms with Gasteiger partial charge in [-0.2, -0.15) is 0 Å². The maximum atomic E-state index is 12.7. The Kier molecular flexibility index (Phi) is 4.50. The average Bonchev–Trinajstić information content (AvgIpc) is 3.09. The molecule has 0 saturated carbocycles. The predicted octanol–water partition coefficient (Wildman–Crippen LogP) is 2.36. The van der Waals surface area contributed by atoms with Gasteiger partial charge in [0.25, 0.3) is 0 Å². The number of H-pyrrole nitrogens is 1. The minimum absolute atomic E-state index is 0.122. The molecular formula is C20H20N4O3. The van der Waals surface area contributed by atoms with Crippen molar-refractivity contribution in [2.75, 3.05) is 19.0 Å². The second kappa shape index (κ2) is 7.11. The Morgan fingerprint density at radius 1 is 1.30 bits per heavy atom. The second-order valence-electron chi connectivity index (χ2n) is 6.50. The Bertz CT molecular complexity index is 978. The van der Waals surface area contributed by atoms with Gasteiger partial charge in [-0.25, -0.2) is 4.98 Å². The first-order valence-corrected chi connectivity index (χ1v) is 8.83. The highest BCUT2D eigenvalue weighted by molar-refractivity contribution is 6.01. The molecule has 1 atom stereocenters. The zero-order valence-electron chi connectivity index (χ0n) is 14.9. The lowest BCUT2D eigenvalue weighted by Gasteiger charge is -2.25. The number of ether oxygens (including phenoxy) is 1. The highest BCUT2D eigenvalue weighted by Crippen LogP contribution is 2.34. The van der Waals surface area contributed by atoms with Crippen molar-refractivity contribution in [2.24, 2.45) is 0 Å². The van der Waals surface area contributed by atoms with Gasteiger partial charge in [-0.15, -0.1) is 0 Å². The van der Waals surface area contributed by atoms with E-state index in [-0.39, 0.29) is 18.2 Å². The number of carbonyl (C=O) groups is 2. The molecule has 0 saturated heterocycles. The fourth-order valence-electron chi connectivity index (χ4n) is 3.35. The van der Waals surface area contributed by atoms with E-state index in [0.717, 1.165) is 22.4 Å². The fraction of sp³-hybridized carbons (Fsp3) is 0.250. The number of hydrogen-bond donors (Lipinski definition) is 3. The van der Waals surface area contributed by atoms with Crippen LogP contribution in [0.1, 0.15) is 23.7 Å². The summed E-state index contributed by atoms with van der Waals surface area (Å²) in [5.41, 5.74) is 3.31. The third-order valence-corrected chi connectivity index (χ3v) is 4.71. The maximum absolute atomic E-state index is 12.7. The molecule has 7 heteroatoms. The Hall–Kier alpha value is -3.35. The van der Waals surface area contributed by atoms with Gasteiger partial charge in [-0.05, 0) is 35.9 Å². The lowest BCUT2D eigenvalue weighted by molar-refractivity contribution is -0.126. The molecule has 2 aromatic carbocycles. The van der Waals surface area contributed by atoms with Gasteiger partial charge in [0.2, 0.25) is 11.8 Å². The number of aromatic amines is 1. The summed E-state index contributed by atoms with van der Waals surface area (Å²) in [4.78, 5) is 32.4. The van der Waals surface area contributed by atoms with Gasteiger partial charge < -0.3 is 20.4 Å². The standard InChI is InChI=1S/C20H20N4O3/c1-27-12-6-7-15-13(10-12)14(11-19(25)24-15)20(26)21-9-8-18-22-16-4-2-3-5-17(16)23-18/h2-7,10,14H,8-9,11H2,1H3,(H,21,26)(H,22,23)(H,24,25)/t14-/m0/s1. The van der Waals surface area contributed by atoms with E-state index in [1.807, 2.05) is 24.3 Å². The summed E-state index contributed by atoms with van der Waals surface area (Å²) in [5.74, 6) is 0.616. The van der Waals surface area contributed by atoms with Crippen molar-refractivity contribution in [1.82, 2.24) is 15.3 Å². The van der Waals surface area contributed by atoms with Crippen LogP contribution >= 0.6 is 0 Å². The molecule has 2 heterocycles. The van der Waals surface area contributed by atoms with Crippen LogP contribution in [0.5, 0.6) is 5.75 Å². The highest BCUT2D eigenvalue weighted by atomic mass is 16.5. The van der Waals surface area contributed by atoms with Crippen LogP contribution in [-0.4, -0.2) is 35.4 Å². The summed E-state index contributed by atoms with van der Waals surface area (Å²) in [6, 6.07) is 13.1. The Balaban J connectivity index is 1.44. The molecule has 1 aliphatic heterocycles. The molecule has 4 rings (SSSR count). The maximum Gasteiger partial charge on any atom is 0.228 e. The van der Waals surface area contributed by atoms with Crippen LogP contribution in [0.25, 0.3) is 11.0 Å². The van der Waals surface area contributed by atoms with Crippen molar-refractivity contribution in [2.45, 2.75) is 18.8 Å². The lowest BCUT2D eigenvalue weighted by Crippen LogP contribution is -2.36. The van der Waals surface area contributed by atoms with Crippen LogP contribution in [0.3, 0.4) is 0 Å². The number of nitrogens with one attached hydrogen (secondary N) is 3. The van der Waals surface area contributed by atoms with Gasteiger partial charge >= 0.3 is 0 Å². The van der Waals surface area contributed by atoms with Crippen molar-refractivity contribution in [1.29, 1.82) is 0 Å². The quantitative estimate of drug-likeness (QED) is 0.647. The molecule has 3 N–H and O–H groups in total. The van der Waals surface area contributed by atoms with E-state index in [1.165, 1.54) is 0 Å². The number of methoxy groups -OCH3 is 1. The number of fused-ring (bicyclic) bond motifs is 2. The molecule has 7 nitrogen and oxygen atoms in total. The number of aromatic nitrogens is 2. The third-order valence-electron chi connectivity index (χ3n) is 4.71. The number of nitrogens with zero attached hydrogens (tertiary/aromatic N) is 1. The number of hydrogen-bond acceptors (Lipinski definition) is 4. The predicted molar refractivity (Wildman–Crippen MR) is 102 cm³/mol. The van der Waals surface area contributed by atoms with Gasteiger partial charge in [-0.3, -0.25) is 9.59 Å². The summed E-state index contributed by atoms with van der Waals surface area (Å²) >= 11 is 0. The molecule has 1 aliphatic rings. The third kappa shape index (κ3) is 3.48. The molecule has 3 aromatic rings. The van der Waals surface area contributed by atoms with E-state index >= 15 is 0 Å². The smallest absolute Gasteiger partial charge is 0.228 e. The molecule has 138 valence electrons. The van der Waals surface area contributed by atoms with Crippen LogP contribution in [0.2, 0.25) is 0 Å². The van der Waals surface area contributed by atoms with Crippen LogP contribution in [-0.2, 0) is 16.0 Å². The van der Waals surface area contributed by atoms with Crippen LogP contribution in [0, 0.1) is 0 Å². The second-order valence-corrected chi connectivity index (χ2v) is 6.50. The number of imidazole rings is 1. The topological polar surface area (TPSA) is 96.1 Å². The number of benzene rings is 2. The normalized spacial score (nSPS) is 15.9. The summed E-state index contributed by atoms with van der Waals surface area (Å²) in [6.45, 7) is 0.441. The molecule has 0 radical (unpaired) electrons. The number of amides is 2. The Morgan fingerprint density at radius 3 is 2.96 bits per heavy atom. The molecule has 27 heavy (non-hydrogen) atoms. The minimum atomic E-state index is -0.528.